The molecule has 1 aromatic rings. The van der Waals surface area contributed by atoms with Gasteiger partial charge in [0, 0.05) is 5.69 Å². The predicted molar refractivity (Wildman–Crippen MR) is 80.8 cm³/mol. The Bertz CT molecular complexity index is 644. The smallest absolute Gasteiger partial charge is 0.355 e. The fourth-order valence-corrected chi connectivity index (χ4v) is 2.29. The number of esters is 2. The number of ether oxygens (including phenoxy) is 3. The molecule has 0 aromatic heterocycles. The van der Waals surface area contributed by atoms with Crippen molar-refractivity contribution in [3.05, 3.63) is 39.5 Å². The van der Waals surface area contributed by atoms with Crippen molar-refractivity contribution < 1.29 is 23.8 Å². The van der Waals surface area contributed by atoms with Crippen molar-refractivity contribution in [3.8, 4) is 0 Å². The zero-order valence-electron chi connectivity index (χ0n) is 11.9. The third-order valence-electron chi connectivity index (χ3n) is 3.05. The standard InChI is InChI=1S/C14H13Cl2NO5/c1-20-13(18)9-6-22-7-17(12(9)14(19)21-2)8-3-4-10(15)11(16)5-8/h3-5H,6-7H2,1-2H3. The lowest BCUT2D eigenvalue weighted by atomic mass is 10.1. The summed E-state index contributed by atoms with van der Waals surface area (Å²) in [6.07, 6.45) is 0. The molecule has 0 aliphatic carbocycles. The number of benzene rings is 1. The largest absolute Gasteiger partial charge is 0.466 e. The Morgan fingerprint density at radius 1 is 1.14 bits per heavy atom. The molecule has 0 saturated carbocycles. The fraction of sp³-hybridized carbons (Fsp3) is 0.286. The Morgan fingerprint density at radius 3 is 2.41 bits per heavy atom. The number of anilines is 1. The normalized spacial score (nSPS) is 14.8. The average molecular weight is 346 g/mol. The summed E-state index contributed by atoms with van der Waals surface area (Å²) in [7, 11) is 2.45. The van der Waals surface area contributed by atoms with Crippen molar-refractivity contribution in [1.29, 1.82) is 0 Å². The van der Waals surface area contributed by atoms with Crippen LogP contribution in [0.15, 0.2) is 29.5 Å². The number of hydrogen-bond acceptors (Lipinski definition) is 6. The van der Waals surface area contributed by atoms with Crippen LogP contribution in [0, 0.1) is 0 Å². The van der Waals surface area contributed by atoms with Crippen molar-refractivity contribution >= 4 is 40.8 Å². The summed E-state index contributed by atoms with van der Waals surface area (Å²) in [6, 6.07) is 4.80. The molecule has 8 heteroatoms. The van der Waals surface area contributed by atoms with Crippen LogP contribution in [-0.4, -0.2) is 39.5 Å². The van der Waals surface area contributed by atoms with Crippen molar-refractivity contribution in [1.82, 2.24) is 0 Å². The molecule has 0 radical (unpaired) electrons. The number of carbonyl (C=O) groups excluding carboxylic acids is 2. The van der Waals surface area contributed by atoms with Gasteiger partial charge in [0.1, 0.15) is 12.4 Å². The molecule has 0 spiro atoms. The molecule has 0 amide bonds. The van der Waals surface area contributed by atoms with E-state index in [0.29, 0.717) is 15.7 Å². The highest BCUT2D eigenvalue weighted by Crippen LogP contribution is 2.31. The first-order valence-electron chi connectivity index (χ1n) is 6.19. The van der Waals surface area contributed by atoms with Crippen molar-refractivity contribution in [3.63, 3.8) is 0 Å². The molecule has 0 N–H and O–H groups in total. The molecule has 0 saturated heterocycles. The summed E-state index contributed by atoms with van der Waals surface area (Å²) < 4.78 is 14.8. The molecule has 6 nitrogen and oxygen atoms in total. The summed E-state index contributed by atoms with van der Waals surface area (Å²) in [5.74, 6) is -1.33. The maximum absolute atomic E-state index is 12.1. The number of nitrogens with zero attached hydrogens (tertiary/aromatic N) is 1. The zero-order valence-corrected chi connectivity index (χ0v) is 13.4. The summed E-state index contributed by atoms with van der Waals surface area (Å²) in [4.78, 5) is 25.4. The maximum Gasteiger partial charge on any atom is 0.355 e. The molecule has 1 aromatic carbocycles. The first kappa shape index (κ1) is 16.6. The average Bonchev–Trinajstić information content (AvgIpc) is 2.55. The zero-order chi connectivity index (χ0) is 16.3. The van der Waals surface area contributed by atoms with E-state index < -0.39 is 11.9 Å². The molecule has 1 aliphatic heterocycles. The van der Waals surface area contributed by atoms with E-state index in [9.17, 15) is 9.59 Å². The molecule has 1 heterocycles. The van der Waals surface area contributed by atoms with Crippen molar-refractivity contribution in [2.24, 2.45) is 0 Å². The Balaban J connectivity index is 2.54. The highest BCUT2D eigenvalue weighted by molar-refractivity contribution is 6.42. The number of hydrogen-bond donors (Lipinski definition) is 0. The predicted octanol–water partition coefficient (Wildman–Crippen LogP) is 2.39. The molecule has 2 rings (SSSR count). The summed E-state index contributed by atoms with van der Waals surface area (Å²) >= 11 is 11.9. The Hall–Kier alpha value is -1.76. The molecule has 0 bridgehead atoms. The van der Waals surface area contributed by atoms with Crippen LogP contribution in [0.1, 0.15) is 0 Å². The van der Waals surface area contributed by atoms with E-state index in [1.807, 2.05) is 0 Å². The molecule has 118 valence electrons. The second-order valence-electron chi connectivity index (χ2n) is 4.31. The van der Waals surface area contributed by atoms with E-state index in [1.165, 1.54) is 19.1 Å². The first-order valence-corrected chi connectivity index (χ1v) is 6.95. The fourth-order valence-electron chi connectivity index (χ4n) is 2.00. The van der Waals surface area contributed by atoms with Crippen LogP contribution in [0.3, 0.4) is 0 Å². The lowest BCUT2D eigenvalue weighted by Gasteiger charge is -2.31. The van der Waals surface area contributed by atoms with Crippen LogP contribution in [0.4, 0.5) is 5.69 Å². The minimum Gasteiger partial charge on any atom is -0.466 e. The molecular weight excluding hydrogens is 333 g/mol. The molecular formula is C14H13Cl2NO5. The van der Waals surface area contributed by atoms with Crippen LogP contribution < -0.4 is 4.90 Å². The second kappa shape index (κ2) is 7.00. The molecule has 0 unspecified atom stereocenters. The highest BCUT2D eigenvalue weighted by Gasteiger charge is 2.32. The first-order chi connectivity index (χ1) is 10.5. The van der Waals surface area contributed by atoms with Gasteiger partial charge in [-0.05, 0) is 18.2 Å². The van der Waals surface area contributed by atoms with Crippen molar-refractivity contribution in [2.75, 3.05) is 32.5 Å². The lowest BCUT2D eigenvalue weighted by molar-refractivity contribution is -0.140. The van der Waals surface area contributed by atoms with Crippen molar-refractivity contribution in [2.45, 2.75) is 0 Å². The Labute approximate surface area is 137 Å². The third kappa shape index (κ3) is 3.19. The Kier molecular flexibility index (Phi) is 5.28. The van der Waals surface area contributed by atoms with E-state index in [-0.39, 0.29) is 24.6 Å². The molecule has 1 aliphatic rings. The van der Waals surface area contributed by atoms with E-state index in [4.69, 9.17) is 32.7 Å². The van der Waals surface area contributed by atoms with Gasteiger partial charge in [-0.1, -0.05) is 23.2 Å². The van der Waals surface area contributed by atoms with Gasteiger partial charge in [-0.2, -0.15) is 0 Å². The van der Waals surface area contributed by atoms with Crippen LogP contribution in [0.5, 0.6) is 0 Å². The highest BCUT2D eigenvalue weighted by atomic mass is 35.5. The summed E-state index contributed by atoms with van der Waals surface area (Å²) in [5.41, 5.74) is 0.668. The molecule has 22 heavy (non-hydrogen) atoms. The van der Waals surface area contributed by atoms with Crippen LogP contribution in [-0.2, 0) is 23.8 Å². The van der Waals surface area contributed by atoms with Gasteiger partial charge in [-0.3, -0.25) is 0 Å². The van der Waals surface area contributed by atoms with Gasteiger partial charge < -0.3 is 19.1 Å². The van der Waals surface area contributed by atoms with Gasteiger partial charge in [-0.25, -0.2) is 9.59 Å². The number of carbonyl (C=O) groups is 2. The van der Waals surface area contributed by atoms with Crippen LogP contribution >= 0.6 is 23.2 Å². The van der Waals surface area contributed by atoms with Gasteiger partial charge in [0.2, 0.25) is 0 Å². The summed E-state index contributed by atoms with van der Waals surface area (Å²) in [6.45, 7) is 0.0117. The van der Waals surface area contributed by atoms with Gasteiger partial charge in [-0.15, -0.1) is 0 Å². The second-order valence-corrected chi connectivity index (χ2v) is 5.13. The number of methoxy groups -OCH3 is 2. The van der Waals surface area contributed by atoms with E-state index in [0.717, 1.165) is 0 Å². The quantitative estimate of drug-likeness (QED) is 0.783. The number of rotatable bonds is 3. The molecule has 0 fully saturated rings. The lowest BCUT2D eigenvalue weighted by Crippen LogP contribution is -2.38. The van der Waals surface area contributed by atoms with Crippen LogP contribution in [0.25, 0.3) is 0 Å². The SMILES string of the molecule is COC(=O)C1=C(C(=O)OC)N(c2ccc(Cl)c(Cl)c2)COC1. The van der Waals surface area contributed by atoms with E-state index in [2.05, 4.69) is 4.74 Å². The number of halogens is 2. The maximum atomic E-state index is 12.1. The van der Waals surface area contributed by atoms with Crippen LogP contribution in [0.2, 0.25) is 10.0 Å². The minimum atomic E-state index is -0.672. The molecule has 0 atom stereocenters. The van der Waals surface area contributed by atoms with Gasteiger partial charge >= 0.3 is 11.9 Å². The van der Waals surface area contributed by atoms with Gasteiger partial charge in [0.05, 0.1) is 36.4 Å². The monoisotopic (exact) mass is 345 g/mol. The third-order valence-corrected chi connectivity index (χ3v) is 3.79. The van der Waals surface area contributed by atoms with E-state index in [1.54, 1.807) is 18.2 Å². The van der Waals surface area contributed by atoms with Gasteiger partial charge in [0.25, 0.3) is 0 Å². The topological polar surface area (TPSA) is 65.1 Å². The van der Waals surface area contributed by atoms with Gasteiger partial charge in [0.15, 0.2) is 0 Å². The Morgan fingerprint density at radius 2 is 1.82 bits per heavy atom. The summed E-state index contributed by atoms with van der Waals surface area (Å²) in [5, 5.41) is 0.689. The van der Waals surface area contributed by atoms with E-state index >= 15 is 0 Å². The minimum absolute atomic E-state index is 0.0467.